The van der Waals surface area contributed by atoms with Gasteiger partial charge in [0.1, 0.15) is 0 Å². The molecule has 1 aromatic carbocycles. The van der Waals surface area contributed by atoms with Crippen LogP contribution in [0.25, 0.3) is 5.52 Å². The highest BCUT2D eigenvalue weighted by Gasteiger charge is 2.11. The zero-order valence-electron chi connectivity index (χ0n) is 11.0. The summed E-state index contributed by atoms with van der Waals surface area (Å²) in [7, 11) is 0. The fraction of sp³-hybridized carbons (Fsp3) is 0. The van der Waals surface area contributed by atoms with Gasteiger partial charge in [0.05, 0.1) is 5.52 Å². The molecular formula is C15H12N4O2. The van der Waals surface area contributed by atoms with Gasteiger partial charge in [-0.2, -0.15) is 5.10 Å². The number of nitrogens with zero attached hydrogens (tertiary/aromatic N) is 2. The zero-order valence-corrected chi connectivity index (χ0v) is 11.0. The van der Waals surface area contributed by atoms with E-state index in [-0.39, 0.29) is 5.91 Å². The Kier molecular flexibility index (Phi) is 3.12. The number of primary amides is 1. The van der Waals surface area contributed by atoms with Crippen LogP contribution >= 0.6 is 0 Å². The fourth-order valence-corrected chi connectivity index (χ4v) is 1.99. The summed E-state index contributed by atoms with van der Waals surface area (Å²) in [6.45, 7) is 0. The summed E-state index contributed by atoms with van der Waals surface area (Å²) in [5.41, 5.74) is 7.16. The van der Waals surface area contributed by atoms with Gasteiger partial charge < -0.3 is 11.1 Å². The normalized spacial score (nSPS) is 10.5. The summed E-state index contributed by atoms with van der Waals surface area (Å²) >= 11 is 0. The number of hydrogen-bond donors (Lipinski definition) is 2. The molecule has 0 atom stereocenters. The van der Waals surface area contributed by atoms with E-state index in [2.05, 4.69) is 10.4 Å². The standard InChI is InChI=1S/C15H12N4O2/c16-14(20)10-4-3-5-11(8-10)17-15(21)13-9-12-6-1-2-7-19(12)18-13/h1-9H,(H2,16,20)(H,17,21). The molecule has 0 saturated carbocycles. The van der Waals surface area contributed by atoms with Crippen molar-refractivity contribution in [2.45, 2.75) is 0 Å². The Labute approximate surface area is 120 Å². The molecule has 21 heavy (non-hydrogen) atoms. The summed E-state index contributed by atoms with van der Waals surface area (Å²) in [5.74, 6) is -0.890. The zero-order chi connectivity index (χ0) is 14.8. The molecule has 0 aliphatic rings. The van der Waals surface area contributed by atoms with Gasteiger partial charge in [0.25, 0.3) is 5.91 Å². The van der Waals surface area contributed by atoms with E-state index < -0.39 is 5.91 Å². The number of pyridine rings is 1. The molecule has 104 valence electrons. The van der Waals surface area contributed by atoms with Crippen molar-refractivity contribution in [2.75, 3.05) is 5.32 Å². The molecule has 3 rings (SSSR count). The average molecular weight is 280 g/mol. The molecule has 0 aliphatic heterocycles. The first kappa shape index (κ1) is 12.9. The molecule has 3 N–H and O–H groups in total. The third-order valence-corrected chi connectivity index (χ3v) is 3.01. The Hall–Kier alpha value is -3.15. The summed E-state index contributed by atoms with van der Waals surface area (Å²) in [5, 5.41) is 6.87. The third-order valence-electron chi connectivity index (χ3n) is 3.01. The Bertz CT molecular complexity index is 805. The first-order valence-corrected chi connectivity index (χ1v) is 6.29. The van der Waals surface area contributed by atoms with E-state index in [4.69, 9.17) is 5.73 Å². The van der Waals surface area contributed by atoms with Gasteiger partial charge >= 0.3 is 0 Å². The second-order valence-electron chi connectivity index (χ2n) is 4.50. The van der Waals surface area contributed by atoms with Gasteiger partial charge in [-0.3, -0.25) is 9.59 Å². The highest BCUT2D eigenvalue weighted by Crippen LogP contribution is 2.13. The molecule has 3 aromatic rings. The lowest BCUT2D eigenvalue weighted by Crippen LogP contribution is -2.14. The first-order valence-electron chi connectivity index (χ1n) is 6.29. The number of aromatic nitrogens is 2. The molecule has 6 nitrogen and oxygen atoms in total. The predicted molar refractivity (Wildman–Crippen MR) is 78.1 cm³/mol. The molecule has 0 bridgehead atoms. The molecule has 6 heteroatoms. The van der Waals surface area contributed by atoms with Gasteiger partial charge in [0.15, 0.2) is 5.69 Å². The van der Waals surface area contributed by atoms with E-state index in [1.54, 1.807) is 35.0 Å². The molecule has 0 saturated heterocycles. The molecule has 0 unspecified atom stereocenters. The molecule has 0 fully saturated rings. The number of anilines is 1. The van der Waals surface area contributed by atoms with Crippen molar-refractivity contribution in [3.05, 3.63) is 66.0 Å². The summed E-state index contributed by atoms with van der Waals surface area (Å²) < 4.78 is 1.62. The van der Waals surface area contributed by atoms with Crippen LogP contribution in [0.4, 0.5) is 5.69 Å². The van der Waals surface area contributed by atoms with Crippen molar-refractivity contribution < 1.29 is 9.59 Å². The number of rotatable bonds is 3. The predicted octanol–water partition coefficient (Wildman–Crippen LogP) is 1.69. The molecule has 2 heterocycles. The minimum Gasteiger partial charge on any atom is -0.366 e. The minimum absolute atomic E-state index is 0.297. The Morgan fingerprint density at radius 3 is 2.71 bits per heavy atom. The Balaban J connectivity index is 1.85. The summed E-state index contributed by atoms with van der Waals surface area (Å²) in [6.07, 6.45) is 1.76. The van der Waals surface area contributed by atoms with E-state index >= 15 is 0 Å². The molecule has 0 aliphatic carbocycles. The highest BCUT2D eigenvalue weighted by molar-refractivity contribution is 6.04. The number of nitrogens with two attached hydrogens (primary N) is 1. The number of fused-ring (bicyclic) bond motifs is 1. The van der Waals surface area contributed by atoms with Crippen molar-refractivity contribution in [2.24, 2.45) is 5.73 Å². The topological polar surface area (TPSA) is 89.5 Å². The fourth-order valence-electron chi connectivity index (χ4n) is 1.99. The van der Waals surface area contributed by atoms with Crippen LogP contribution in [0.5, 0.6) is 0 Å². The van der Waals surface area contributed by atoms with E-state index in [1.807, 2.05) is 18.2 Å². The molecule has 2 aromatic heterocycles. The van der Waals surface area contributed by atoms with E-state index in [9.17, 15) is 9.59 Å². The van der Waals surface area contributed by atoms with Crippen molar-refractivity contribution in [3.8, 4) is 0 Å². The van der Waals surface area contributed by atoms with Crippen LogP contribution in [-0.4, -0.2) is 21.4 Å². The molecule has 2 amide bonds. The second kappa shape index (κ2) is 5.09. The van der Waals surface area contributed by atoms with Crippen molar-refractivity contribution in [1.82, 2.24) is 9.61 Å². The highest BCUT2D eigenvalue weighted by atomic mass is 16.2. The SMILES string of the molecule is NC(=O)c1cccc(NC(=O)c2cc3ccccn3n2)c1. The van der Waals surface area contributed by atoms with Gasteiger partial charge in [-0.25, -0.2) is 4.52 Å². The minimum atomic E-state index is -0.543. The lowest BCUT2D eigenvalue weighted by atomic mass is 10.2. The number of hydrogen-bond acceptors (Lipinski definition) is 3. The van der Waals surface area contributed by atoms with E-state index in [0.717, 1.165) is 5.52 Å². The number of benzene rings is 1. The largest absolute Gasteiger partial charge is 0.366 e. The third kappa shape index (κ3) is 2.59. The van der Waals surface area contributed by atoms with Crippen molar-refractivity contribution in [1.29, 1.82) is 0 Å². The Morgan fingerprint density at radius 2 is 1.95 bits per heavy atom. The molecule has 0 spiro atoms. The van der Waals surface area contributed by atoms with Gasteiger partial charge in [0.2, 0.25) is 5.91 Å². The number of amides is 2. The van der Waals surface area contributed by atoms with Crippen LogP contribution in [0.15, 0.2) is 54.7 Å². The number of carbonyl (C=O) groups is 2. The maximum atomic E-state index is 12.2. The van der Waals surface area contributed by atoms with Gasteiger partial charge in [-0.1, -0.05) is 12.1 Å². The van der Waals surface area contributed by atoms with Crippen molar-refractivity contribution in [3.63, 3.8) is 0 Å². The Morgan fingerprint density at radius 1 is 1.10 bits per heavy atom. The van der Waals surface area contributed by atoms with Gasteiger partial charge in [-0.15, -0.1) is 0 Å². The second-order valence-corrected chi connectivity index (χ2v) is 4.50. The number of nitrogens with one attached hydrogen (secondary N) is 1. The maximum absolute atomic E-state index is 12.2. The van der Waals surface area contributed by atoms with E-state index in [1.165, 1.54) is 6.07 Å². The van der Waals surface area contributed by atoms with Crippen LogP contribution < -0.4 is 11.1 Å². The van der Waals surface area contributed by atoms with Crippen LogP contribution in [0, 0.1) is 0 Å². The van der Waals surface area contributed by atoms with Gasteiger partial charge in [-0.05, 0) is 36.4 Å². The summed E-state index contributed by atoms with van der Waals surface area (Å²) in [4.78, 5) is 23.3. The van der Waals surface area contributed by atoms with Crippen LogP contribution in [0.3, 0.4) is 0 Å². The maximum Gasteiger partial charge on any atom is 0.276 e. The smallest absolute Gasteiger partial charge is 0.276 e. The molecular weight excluding hydrogens is 268 g/mol. The first-order chi connectivity index (χ1) is 10.1. The van der Waals surface area contributed by atoms with Crippen LogP contribution in [0.1, 0.15) is 20.8 Å². The number of carbonyl (C=O) groups excluding carboxylic acids is 2. The summed E-state index contributed by atoms with van der Waals surface area (Å²) in [6, 6.07) is 13.7. The van der Waals surface area contributed by atoms with Gasteiger partial charge in [0, 0.05) is 17.4 Å². The average Bonchev–Trinajstić information content (AvgIpc) is 2.91. The van der Waals surface area contributed by atoms with Crippen molar-refractivity contribution >= 4 is 23.0 Å². The molecule has 0 radical (unpaired) electrons. The van der Waals surface area contributed by atoms with Crippen LogP contribution in [-0.2, 0) is 0 Å². The monoisotopic (exact) mass is 280 g/mol. The lowest BCUT2D eigenvalue weighted by Gasteiger charge is -2.04. The van der Waals surface area contributed by atoms with E-state index in [0.29, 0.717) is 16.9 Å². The lowest BCUT2D eigenvalue weighted by molar-refractivity contribution is 0.0995. The van der Waals surface area contributed by atoms with Crippen LogP contribution in [0.2, 0.25) is 0 Å². The quantitative estimate of drug-likeness (QED) is 0.765.